The lowest BCUT2D eigenvalue weighted by atomic mass is 10.1. The van der Waals surface area contributed by atoms with Crippen molar-refractivity contribution in [3.8, 4) is 0 Å². The molecule has 4 N–H and O–H groups in total. The SMILES string of the molecule is CCCCCCCCCCCC(=O)O[C@H](CO)[C@H]1OC[C@H](O)[C@H]1OCC(O)CO. The van der Waals surface area contributed by atoms with Crippen LogP contribution in [0.4, 0.5) is 0 Å². The van der Waals surface area contributed by atoms with Crippen LogP contribution in [0.15, 0.2) is 0 Å². The number of ether oxygens (including phenoxy) is 3. The van der Waals surface area contributed by atoms with Crippen LogP contribution in [0.1, 0.15) is 71.1 Å². The first-order valence-electron chi connectivity index (χ1n) is 11.0. The number of carbonyl (C=O) groups excluding carboxylic acids is 1. The van der Waals surface area contributed by atoms with E-state index < -0.39 is 49.7 Å². The maximum absolute atomic E-state index is 12.1. The summed E-state index contributed by atoms with van der Waals surface area (Å²) in [5, 5.41) is 37.9. The number of aliphatic hydroxyl groups is 4. The zero-order chi connectivity index (χ0) is 21.5. The van der Waals surface area contributed by atoms with Gasteiger partial charge in [0, 0.05) is 6.42 Å². The maximum Gasteiger partial charge on any atom is 0.306 e. The van der Waals surface area contributed by atoms with Crippen molar-refractivity contribution in [2.75, 3.05) is 26.4 Å². The third-order valence-electron chi connectivity index (χ3n) is 5.17. The van der Waals surface area contributed by atoms with Crippen LogP contribution in [0, 0.1) is 0 Å². The van der Waals surface area contributed by atoms with Crippen LogP contribution in [0.5, 0.6) is 0 Å². The summed E-state index contributed by atoms with van der Waals surface area (Å²) < 4.78 is 16.2. The molecule has 8 heteroatoms. The van der Waals surface area contributed by atoms with Crippen molar-refractivity contribution in [1.82, 2.24) is 0 Å². The molecule has 1 unspecified atom stereocenters. The molecule has 0 amide bonds. The second-order valence-corrected chi connectivity index (χ2v) is 7.79. The molecule has 1 aliphatic heterocycles. The number of hydrogen-bond donors (Lipinski definition) is 4. The van der Waals surface area contributed by atoms with Crippen molar-refractivity contribution in [2.45, 2.75) is 102 Å². The fourth-order valence-electron chi connectivity index (χ4n) is 3.43. The molecular formula is C21H40O8. The van der Waals surface area contributed by atoms with E-state index in [0.717, 1.165) is 19.3 Å². The lowest BCUT2D eigenvalue weighted by Gasteiger charge is -2.27. The van der Waals surface area contributed by atoms with E-state index in [1.807, 2.05) is 0 Å². The molecule has 1 saturated heterocycles. The summed E-state index contributed by atoms with van der Waals surface area (Å²) >= 11 is 0. The number of carbonyl (C=O) groups is 1. The monoisotopic (exact) mass is 420 g/mol. The molecule has 172 valence electrons. The normalized spacial score (nSPS) is 23.8. The third kappa shape index (κ3) is 10.7. The predicted molar refractivity (Wildman–Crippen MR) is 107 cm³/mol. The maximum atomic E-state index is 12.1. The fourth-order valence-corrected chi connectivity index (χ4v) is 3.43. The number of unbranched alkanes of at least 4 members (excludes halogenated alkanes) is 8. The van der Waals surface area contributed by atoms with Crippen LogP contribution in [0.25, 0.3) is 0 Å². The summed E-state index contributed by atoms with van der Waals surface area (Å²) in [5.41, 5.74) is 0. The smallest absolute Gasteiger partial charge is 0.306 e. The van der Waals surface area contributed by atoms with Crippen molar-refractivity contribution < 1.29 is 39.4 Å². The first kappa shape index (κ1) is 26.3. The van der Waals surface area contributed by atoms with Crippen LogP contribution in [-0.2, 0) is 19.0 Å². The van der Waals surface area contributed by atoms with Crippen LogP contribution in [0.2, 0.25) is 0 Å². The number of aliphatic hydroxyl groups excluding tert-OH is 4. The highest BCUT2D eigenvalue weighted by atomic mass is 16.6. The Morgan fingerprint density at radius 1 is 1.03 bits per heavy atom. The van der Waals surface area contributed by atoms with E-state index in [2.05, 4.69) is 6.92 Å². The third-order valence-corrected chi connectivity index (χ3v) is 5.17. The quantitative estimate of drug-likeness (QED) is 0.205. The Balaban J connectivity index is 2.27. The molecule has 0 aliphatic carbocycles. The molecule has 0 aromatic heterocycles. The van der Waals surface area contributed by atoms with Gasteiger partial charge in [0.05, 0.1) is 26.4 Å². The zero-order valence-corrected chi connectivity index (χ0v) is 17.7. The Labute approximate surface area is 174 Å². The van der Waals surface area contributed by atoms with Gasteiger partial charge in [-0.2, -0.15) is 0 Å². The zero-order valence-electron chi connectivity index (χ0n) is 17.7. The van der Waals surface area contributed by atoms with Gasteiger partial charge in [-0.15, -0.1) is 0 Å². The molecule has 5 atom stereocenters. The molecule has 0 saturated carbocycles. The minimum absolute atomic E-state index is 0.0170. The molecule has 1 rings (SSSR count). The summed E-state index contributed by atoms with van der Waals surface area (Å²) in [7, 11) is 0. The van der Waals surface area contributed by atoms with Gasteiger partial charge in [-0.25, -0.2) is 0 Å². The molecule has 0 aromatic rings. The topological polar surface area (TPSA) is 126 Å². The van der Waals surface area contributed by atoms with Crippen LogP contribution in [0.3, 0.4) is 0 Å². The average molecular weight is 421 g/mol. The first-order valence-corrected chi connectivity index (χ1v) is 11.0. The lowest BCUT2D eigenvalue weighted by Crippen LogP contribution is -2.45. The Hall–Kier alpha value is -0.770. The van der Waals surface area contributed by atoms with Crippen molar-refractivity contribution in [3.05, 3.63) is 0 Å². The minimum Gasteiger partial charge on any atom is -0.457 e. The van der Waals surface area contributed by atoms with Crippen molar-refractivity contribution in [2.24, 2.45) is 0 Å². The van der Waals surface area contributed by atoms with E-state index in [0.29, 0.717) is 0 Å². The second kappa shape index (κ2) is 16.0. The van der Waals surface area contributed by atoms with Gasteiger partial charge in [0.1, 0.15) is 24.4 Å². The van der Waals surface area contributed by atoms with E-state index in [4.69, 9.17) is 19.3 Å². The average Bonchev–Trinajstić information content (AvgIpc) is 3.09. The highest BCUT2D eigenvalue weighted by molar-refractivity contribution is 5.69. The standard InChI is InChI=1S/C21H40O8/c1-2-3-4-5-6-7-8-9-10-11-19(26)29-18(13-23)21-20(17(25)15-28-21)27-14-16(24)12-22/h16-18,20-25H,2-15H2,1H3/t16?,17-,18+,20+,21+/m0/s1. The van der Waals surface area contributed by atoms with Crippen molar-refractivity contribution >= 4 is 5.97 Å². The van der Waals surface area contributed by atoms with Gasteiger partial charge >= 0.3 is 5.97 Å². The second-order valence-electron chi connectivity index (χ2n) is 7.79. The molecular weight excluding hydrogens is 380 g/mol. The van der Waals surface area contributed by atoms with Gasteiger partial charge in [0.25, 0.3) is 0 Å². The van der Waals surface area contributed by atoms with Gasteiger partial charge in [-0.1, -0.05) is 58.3 Å². The highest BCUT2D eigenvalue weighted by Gasteiger charge is 2.43. The van der Waals surface area contributed by atoms with E-state index in [-0.39, 0.29) is 19.6 Å². The van der Waals surface area contributed by atoms with Crippen LogP contribution < -0.4 is 0 Å². The van der Waals surface area contributed by atoms with E-state index in [9.17, 15) is 20.1 Å². The molecule has 29 heavy (non-hydrogen) atoms. The van der Waals surface area contributed by atoms with Crippen LogP contribution in [-0.4, -0.2) is 83.3 Å². The molecule has 8 nitrogen and oxygen atoms in total. The Morgan fingerprint density at radius 2 is 1.66 bits per heavy atom. The van der Waals surface area contributed by atoms with Gasteiger partial charge in [-0.3, -0.25) is 4.79 Å². The molecule has 0 aromatic carbocycles. The summed E-state index contributed by atoms with van der Waals surface area (Å²) in [5.74, 6) is -0.411. The van der Waals surface area contributed by atoms with Gasteiger partial charge < -0.3 is 34.6 Å². The number of esters is 1. The molecule has 0 spiro atoms. The van der Waals surface area contributed by atoms with E-state index >= 15 is 0 Å². The predicted octanol–water partition coefficient (Wildman–Crippen LogP) is 1.31. The fraction of sp³-hybridized carbons (Fsp3) is 0.952. The van der Waals surface area contributed by atoms with Crippen LogP contribution >= 0.6 is 0 Å². The largest absolute Gasteiger partial charge is 0.457 e. The highest BCUT2D eigenvalue weighted by Crippen LogP contribution is 2.23. The van der Waals surface area contributed by atoms with E-state index in [1.54, 1.807) is 0 Å². The Morgan fingerprint density at radius 3 is 2.24 bits per heavy atom. The molecule has 1 fully saturated rings. The molecule has 0 bridgehead atoms. The number of hydrogen-bond acceptors (Lipinski definition) is 8. The Kier molecular flexibility index (Phi) is 14.5. The Bertz CT molecular complexity index is 419. The molecule has 1 heterocycles. The lowest BCUT2D eigenvalue weighted by molar-refractivity contribution is -0.166. The van der Waals surface area contributed by atoms with Gasteiger partial charge in [0.15, 0.2) is 6.10 Å². The van der Waals surface area contributed by atoms with Gasteiger partial charge in [0.2, 0.25) is 0 Å². The van der Waals surface area contributed by atoms with Crippen molar-refractivity contribution in [3.63, 3.8) is 0 Å². The minimum atomic E-state index is -1.08. The summed E-state index contributed by atoms with van der Waals surface area (Å²) in [6.45, 7) is 1.07. The van der Waals surface area contributed by atoms with Crippen molar-refractivity contribution in [1.29, 1.82) is 0 Å². The van der Waals surface area contributed by atoms with Gasteiger partial charge in [-0.05, 0) is 6.42 Å². The number of rotatable bonds is 17. The van der Waals surface area contributed by atoms with E-state index in [1.165, 1.54) is 38.5 Å². The summed E-state index contributed by atoms with van der Waals surface area (Å²) in [6.07, 6.45) is 5.96. The first-order chi connectivity index (χ1) is 14.0. The summed E-state index contributed by atoms with van der Waals surface area (Å²) in [6, 6.07) is 0. The summed E-state index contributed by atoms with van der Waals surface area (Å²) in [4.78, 5) is 12.1. The molecule has 0 radical (unpaired) electrons. The molecule has 1 aliphatic rings.